The van der Waals surface area contributed by atoms with Crippen molar-refractivity contribution in [3.05, 3.63) is 35.5 Å². The van der Waals surface area contributed by atoms with Gasteiger partial charge in [0.25, 0.3) is 0 Å². The summed E-state index contributed by atoms with van der Waals surface area (Å²) in [5, 5.41) is 1.04. The summed E-state index contributed by atoms with van der Waals surface area (Å²) in [5.41, 5.74) is 2.34. The smallest absolute Gasteiger partial charge is 0.421 e. The SMILES string of the molecule is Cc1ccc2c(c1)c(CCN(C)C)cn2C(=O)OC(C)OC(=O)C(C)(C)C. The van der Waals surface area contributed by atoms with E-state index in [2.05, 4.69) is 11.0 Å². The van der Waals surface area contributed by atoms with E-state index in [0.29, 0.717) is 0 Å². The molecular formula is C21H30N2O4. The molecule has 1 unspecified atom stereocenters. The number of hydrogen-bond acceptors (Lipinski definition) is 5. The molecule has 6 nitrogen and oxygen atoms in total. The van der Waals surface area contributed by atoms with Crippen LogP contribution < -0.4 is 0 Å². The lowest BCUT2D eigenvalue weighted by molar-refractivity contribution is -0.174. The zero-order chi connectivity index (χ0) is 20.4. The van der Waals surface area contributed by atoms with Gasteiger partial charge in [-0.1, -0.05) is 11.6 Å². The predicted octanol–water partition coefficient (Wildman–Crippen LogP) is 3.97. The molecule has 1 aromatic heterocycles. The zero-order valence-electron chi connectivity index (χ0n) is 17.3. The van der Waals surface area contributed by atoms with Gasteiger partial charge in [0.15, 0.2) is 0 Å². The first-order valence-electron chi connectivity index (χ1n) is 9.16. The molecule has 0 N–H and O–H groups in total. The van der Waals surface area contributed by atoms with Gasteiger partial charge < -0.3 is 14.4 Å². The Hall–Kier alpha value is -2.34. The average Bonchev–Trinajstić information content (AvgIpc) is 2.89. The zero-order valence-corrected chi connectivity index (χ0v) is 17.3. The molecule has 27 heavy (non-hydrogen) atoms. The lowest BCUT2D eigenvalue weighted by Gasteiger charge is -2.20. The summed E-state index contributed by atoms with van der Waals surface area (Å²) in [6.07, 6.45) is 1.11. The van der Waals surface area contributed by atoms with Crippen LogP contribution in [0, 0.1) is 12.3 Å². The van der Waals surface area contributed by atoms with E-state index < -0.39 is 23.8 Å². The van der Waals surface area contributed by atoms with Crippen LogP contribution in [-0.4, -0.2) is 48.5 Å². The Morgan fingerprint density at radius 3 is 2.44 bits per heavy atom. The molecule has 1 aromatic carbocycles. The van der Waals surface area contributed by atoms with E-state index >= 15 is 0 Å². The van der Waals surface area contributed by atoms with Crippen molar-refractivity contribution < 1.29 is 19.1 Å². The normalized spacial score (nSPS) is 13.0. The van der Waals surface area contributed by atoms with Crippen molar-refractivity contribution in [3.63, 3.8) is 0 Å². The number of carbonyl (C=O) groups is 2. The third-order valence-electron chi connectivity index (χ3n) is 4.22. The first-order valence-corrected chi connectivity index (χ1v) is 9.16. The largest absolute Gasteiger partial charge is 0.425 e. The second kappa shape index (κ2) is 8.13. The highest BCUT2D eigenvalue weighted by molar-refractivity contribution is 5.92. The highest BCUT2D eigenvalue weighted by atomic mass is 16.7. The Kier molecular flexibility index (Phi) is 6.31. The van der Waals surface area contributed by atoms with Crippen LogP contribution in [0.15, 0.2) is 24.4 Å². The quantitative estimate of drug-likeness (QED) is 0.585. The second-order valence-corrected chi connectivity index (χ2v) is 8.20. The van der Waals surface area contributed by atoms with Crippen LogP contribution >= 0.6 is 0 Å². The minimum atomic E-state index is -0.961. The summed E-state index contributed by atoms with van der Waals surface area (Å²) >= 11 is 0. The summed E-state index contributed by atoms with van der Waals surface area (Å²) in [6.45, 7) is 9.71. The van der Waals surface area contributed by atoms with Gasteiger partial charge in [0, 0.05) is 25.1 Å². The molecular weight excluding hydrogens is 344 g/mol. The Morgan fingerprint density at radius 2 is 1.85 bits per heavy atom. The molecule has 0 saturated carbocycles. The topological polar surface area (TPSA) is 60.8 Å². The maximum atomic E-state index is 12.7. The molecule has 6 heteroatoms. The van der Waals surface area contributed by atoms with E-state index in [9.17, 15) is 9.59 Å². The number of aromatic nitrogens is 1. The van der Waals surface area contributed by atoms with E-state index in [0.717, 1.165) is 35.0 Å². The van der Waals surface area contributed by atoms with Crippen molar-refractivity contribution in [1.29, 1.82) is 0 Å². The Balaban J connectivity index is 2.24. The van der Waals surface area contributed by atoms with Crippen LogP contribution in [0.4, 0.5) is 4.79 Å². The standard InChI is InChI=1S/C21H30N2O4/c1-14-8-9-18-17(12-14)16(10-11-22(6)7)13-23(18)20(25)27-15(2)26-19(24)21(3,4)5/h8-9,12-13,15H,10-11H2,1-7H3. The number of likely N-dealkylation sites (N-methyl/N-ethyl adjacent to an activating group) is 1. The summed E-state index contributed by atoms with van der Waals surface area (Å²) in [7, 11) is 4.04. The fourth-order valence-electron chi connectivity index (χ4n) is 2.66. The van der Waals surface area contributed by atoms with Gasteiger partial charge in [0.05, 0.1) is 10.9 Å². The molecule has 0 aliphatic heterocycles. The van der Waals surface area contributed by atoms with Gasteiger partial charge in [-0.25, -0.2) is 4.79 Å². The van der Waals surface area contributed by atoms with Crippen LogP contribution in [0.1, 0.15) is 38.8 Å². The van der Waals surface area contributed by atoms with Crippen LogP contribution in [0.3, 0.4) is 0 Å². The van der Waals surface area contributed by atoms with Crippen molar-refractivity contribution in [1.82, 2.24) is 9.47 Å². The van der Waals surface area contributed by atoms with Crippen molar-refractivity contribution in [2.45, 2.75) is 47.3 Å². The van der Waals surface area contributed by atoms with Crippen molar-refractivity contribution in [3.8, 4) is 0 Å². The molecule has 0 aliphatic rings. The van der Waals surface area contributed by atoms with E-state index in [1.807, 2.05) is 39.3 Å². The summed E-state index contributed by atoms with van der Waals surface area (Å²) < 4.78 is 12.1. The predicted molar refractivity (Wildman–Crippen MR) is 106 cm³/mol. The van der Waals surface area contributed by atoms with Crippen molar-refractivity contribution >= 4 is 23.0 Å². The van der Waals surface area contributed by atoms with Crippen LogP contribution in [-0.2, 0) is 20.7 Å². The molecule has 1 heterocycles. The fraction of sp³-hybridized carbons (Fsp3) is 0.524. The summed E-state index contributed by atoms with van der Waals surface area (Å²) in [5.74, 6) is -0.414. The van der Waals surface area contributed by atoms with E-state index in [4.69, 9.17) is 9.47 Å². The monoisotopic (exact) mass is 374 g/mol. The number of benzene rings is 1. The van der Waals surface area contributed by atoms with Gasteiger partial charge >= 0.3 is 12.1 Å². The van der Waals surface area contributed by atoms with Gasteiger partial charge in [-0.3, -0.25) is 9.36 Å². The highest BCUT2D eigenvalue weighted by Crippen LogP contribution is 2.24. The van der Waals surface area contributed by atoms with Crippen LogP contribution in [0.25, 0.3) is 10.9 Å². The molecule has 2 aromatic rings. The Bertz CT molecular complexity index is 831. The van der Waals surface area contributed by atoms with Crippen molar-refractivity contribution in [2.75, 3.05) is 20.6 Å². The molecule has 0 bridgehead atoms. The highest BCUT2D eigenvalue weighted by Gasteiger charge is 2.26. The van der Waals surface area contributed by atoms with Crippen molar-refractivity contribution in [2.24, 2.45) is 5.41 Å². The lowest BCUT2D eigenvalue weighted by atomic mass is 9.97. The number of fused-ring (bicyclic) bond motifs is 1. The molecule has 1 atom stereocenters. The molecule has 148 valence electrons. The molecule has 0 aliphatic carbocycles. The van der Waals surface area contributed by atoms with Gasteiger partial charge in [0.2, 0.25) is 6.29 Å². The Labute approximate surface area is 161 Å². The third-order valence-corrected chi connectivity index (χ3v) is 4.22. The number of aryl methyl sites for hydroxylation is 1. The summed E-state index contributed by atoms with van der Waals surface area (Å²) in [6, 6.07) is 5.95. The molecule has 2 rings (SSSR count). The lowest BCUT2D eigenvalue weighted by Crippen LogP contribution is -2.30. The number of esters is 1. The van der Waals surface area contributed by atoms with Gasteiger partial charge in [-0.2, -0.15) is 0 Å². The molecule has 0 fully saturated rings. The van der Waals surface area contributed by atoms with E-state index in [-0.39, 0.29) is 0 Å². The minimum absolute atomic E-state index is 0.414. The fourth-order valence-corrected chi connectivity index (χ4v) is 2.66. The maximum Gasteiger partial charge on any atom is 0.421 e. The molecule has 0 saturated heterocycles. The number of hydrogen-bond donors (Lipinski definition) is 0. The number of nitrogens with zero attached hydrogens (tertiary/aromatic N) is 2. The van der Waals surface area contributed by atoms with Gasteiger partial charge in [-0.15, -0.1) is 0 Å². The first-order chi connectivity index (χ1) is 12.5. The van der Waals surface area contributed by atoms with Gasteiger partial charge in [-0.05, 0) is 65.9 Å². The number of carbonyl (C=O) groups excluding carboxylic acids is 2. The minimum Gasteiger partial charge on any atom is -0.425 e. The number of ether oxygens (including phenoxy) is 2. The van der Waals surface area contributed by atoms with Gasteiger partial charge in [0.1, 0.15) is 0 Å². The van der Waals surface area contributed by atoms with Crippen LogP contribution in [0.5, 0.6) is 0 Å². The Morgan fingerprint density at radius 1 is 1.19 bits per heavy atom. The first kappa shape index (κ1) is 21.0. The average molecular weight is 374 g/mol. The number of rotatable bonds is 5. The summed E-state index contributed by atoms with van der Waals surface area (Å²) in [4.78, 5) is 26.7. The molecule has 0 amide bonds. The van der Waals surface area contributed by atoms with Crippen LogP contribution in [0.2, 0.25) is 0 Å². The third kappa shape index (κ3) is 5.32. The second-order valence-electron chi connectivity index (χ2n) is 8.20. The maximum absolute atomic E-state index is 12.7. The molecule has 0 spiro atoms. The van der Waals surface area contributed by atoms with E-state index in [1.54, 1.807) is 27.7 Å². The van der Waals surface area contributed by atoms with E-state index in [1.165, 1.54) is 4.57 Å². The molecule has 0 radical (unpaired) electrons.